The Kier molecular flexibility index (Phi) is 7.55. The van der Waals surface area contributed by atoms with Crippen LogP contribution in [0.4, 0.5) is 9.18 Å². The first-order chi connectivity index (χ1) is 17.5. The Morgan fingerprint density at radius 3 is 2.62 bits per heavy atom. The Hall–Kier alpha value is -3.84. The highest BCUT2D eigenvalue weighted by molar-refractivity contribution is 6.30. The van der Waals surface area contributed by atoms with Crippen molar-refractivity contribution >= 4 is 23.7 Å². The molecule has 0 radical (unpaired) electrons. The second kappa shape index (κ2) is 10.6. The number of alkyl carbamates (subject to hydrolysis) is 1. The molecular weight excluding hydrogens is 509 g/mol. The zero-order valence-electron chi connectivity index (χ0n) is 20.3. The molecule has 2 aromatic heterocycles. The number of nitrogens with zero attached hydrogens (tertiary/aromatic N) is 6. The summed E-state index contributed by atoms with van der Waals surface area (Å²) >= 11 is 5.70. The molecule has 2 N–H and O–H groups in total. The molecule has 14 heteroatoms. The number of likely N-dealkylation sites (tertiary alicyclic amines) is 1. The Morgan fingerprint density at radius 1 is 1.24 bits per heavy atom. The molecule has 0 spiro atoms. The Labute approximate surface area is 216 Å². The van der Waals surface area contributed by atoms with E-state index in [4.69, 9.17) is 21.1 Å². The predicted octanol–water partition coefficient (Wildman–Crippen LogP) is 3.05. The van der Waals surface area contributed by atoms with Crippen molar-refractivity contribution in [3.8, 4) is 17.3 Å². The van der Waals surface area contributed by atoms with E-state index in [-0.39, 0.29) is 30.5 Å². The number of benzene rings is 1. The number of hydrogen-bond donors (Lipinski definition) is 2. The van der Waals surface area contributed by atoms with E-state index in [2.05, 4.69) is 25.7 Å². The average molecular weight is 534 g/mol. The van der Waals surface area contributed by atoms with Gasteiger partial charge in [-0.2, -0.15) is 0 Å². The van der Waals surface area contributed by atoms with Crippen LogP contribution in [0.15, 0.2) is 36.5 Å². The van der Waals surface area contributed by atoms with Crippen molar-refractivity contribution in [2.24, 2.45) is 5.92 Å². The Morgan fingerprint density at radius 2 is 1.97 bits per heavy atom. The normalized spacial score (nSPS) is 18.0. The minimum atomic E-state index is -1.02. The molecule has 1 aliphatic heterocycles. The first-order valence-electron chi connectivity index (χ1n) is 11.3. The van der Waals surface area contributed by atoms with E-state index in [0.717, 1.165) is 6.07 Å². The number of amides is 1. The first kappa shape index (κ1) is 26.2. The maximum absolute atomic E-state index is 13.9. The van der Waals surface area contributed by atoms with Crippen LogP contribution in [0.1, 0.15) is 26.6 Å². The second-order valence-electron chi connectivity index (χ2n) is 9.42. The molecule has 1 fully saturated rings. The predicted molar refractivity (Wildman–Crippen MR) is 128 cm³/mol. The lowest BCUT2D eigenvalue weighted by Gasteiger charge is -2.23. The van der Waals surface area contributed by atoms with E-state index in [1.54, 1.807) is 45.0 Å². The van der Waals surface area contributed by atoms with Gasteiger partial charge >= 0.3 is 12.1 Å². The van der Waals surface area contributed by atoms with Crippen molar-refractivity contribution < 1.29 is 28.6 Å². The van der Waals surface area contributed by atoms with E-state index in [1.165, 1.54) is 11.0 Å². The van der Waals surface area contributed by atoms with Crippen LogP contribution in [0, 0.1) is 11.7 Å². The maximum atomic E-state index is 13.9. The molecule has 1 amide bonds. The van der Waals surface area contributed by atoms with Gasteiger partial charge in [-0.3, -0.25) is 9.69 Å². The third-order valence-corrected chi connectivity index (χ3v) is 5.50. The molecule has 196 valence electrons. The third-order valence-electron chi connectivity index (χ3n) is 5.29. The fourth-order valence-electron chi connectivity index (χ4n) is 3.72. The highest BCUT2D eigenvalue weighted by atomic mass is 35.5. The molecular formula is C23H25ClFN7O5. The fourth-order valence-corrected chi connectivity index (χ4v) is 3.87. The van der Waals surface area contributed by atoms with Crippen LogP contribution in [-0.2, 0) is 16.1 Å². The summed E-state index contributed by atoms with van der Waals surface area (Å²) in [6.07, 6.45) is 0.612. The summed E-state index contributed by atoms with van der Waals surface area (Å²) < 4.78 is 24.6. The van der Waals surface area contributed by atoms with Gasteiger partial charge in [0, 0.05) is 19.3 Å². The van der Waals surface area contributed by atoms with Crippen molar-refractivity contribution in [3.63, 3.8) is 0 Å². The van der Waals surface area contributed by atoms with Gasteiger partial charge in [0.1, 0.15) is 11.4 Å². The molecule has 4 rings (SSSR count). The number of carbonyl (C=O) groups excluding carboxylic acids is 1. The number of pyridine rings is 1. The Balaban J connectivity index is 1.37. The SMILES string of the molecule is CC(C)(C)OC(=O)NC1CN(Cc2nnn(-c3ccc(Oc4ncc(Cl)cc4F)cc3)n2)CC1C(=O)O. The first-order valence-corrected chi connectivity index (χ1v) is 11.7. The summed E-state index contributed by atoms with van der Waals surface area (Å²) in [5.41, 5.74) is -0.124. The largest absolute Gasteiger partial charge is 0.481 e. The topological polar surface area (TPSA) is 145 Å². The number of carboxylic acids is 1. The second-order valence-corrected chi connectivity index (χ2v) is 9.86. The molecule has 0 saturated carbocycles. The van der Waals surface area contributed by atoms with Gasteiger partial charge in [0.25, 0.3) is 5.88 Å². The van der Waals surface area contributed by atoms with E-state index >= 15 is 0 Å². The van der Waals surface area contributed by atoms with Crippen LogP contribution in [0.5, 0.6) is 11.6 Å². The van der Waals surface area contributed by atoms with E-state index in [0.29, 0.717) is 17.3 Å². The molecule has 12 nitrogen and oxygen atoms in total. The molecule has 2 unspecified atom stereocenters. The molecule has 3 heterocycles. The van der Waals surface area contributed by atoms with Gasteiger partial charge in [-0.05, 0) is 56.3 Å². The number of halogens is 2. The number of carboxylic acid groups (broad SMARTS) is 1. The lowest BCUT2D eigenvalue weighted by Crippen LogP contribution is -2.45. The molecule has 0 aliphatic carbocycles. The van der Waals surface area contributed by atoms with Gasteiger partial charge < -0.3 is 19.9 Å². The van der Waals surface area contributed by atoms with Gasteiger partial charge in [-0.1, -0.05) is 11.6 Å². The summed E-state index contributed by atoms with van der Waals surface area (Å²) in [6, 6.07) is 6.98. The van der Waals surface area contributed by atoms with Crippen molar-refractivity contribution in [3.05, 3.63) is 53.2 Å². The number of ether oxygens (including phenoxy) is 2. The summed E-state index contributed by atoms with van der Waals surface area (Å²) in [7, 11) is 0. The van der Waals surface area contributed by atoms with E-state index < -0.39 is 35.4 Å². The minimum Gasteiger partial charge on any atom is -0.481 e. The van der Waals surface area contributed by atoms with E-state index in [9.17, 15) is 19.1 Å². The van der Waals surface area contributed by atoms with Gasteiger partial charge in [-0.15, -0.1) is 15.0 Å². The van der Waals surface area contributed by atoms with Crippen molar-refractivity contribution in [1.29, 1.82) is 0 Å². The summed E-state index contributed by atoms with van der Waals surface area (Å²) in [5, 5.41) is 24.9. The molecule has 37 heavy (non-hydrogen) atoms. The zero-order chi connectivity index (χ0) is 26.7. The quantitative estimate of drug-likeness (QED) is 0.464. The number of hydrogen-bond acceptors (Lipinski definition) is 9. The summed E-state index contributed by atoms with van der Waals surface area (Å²) in [5.74, 6) is -2.00. The number of rotatable bonds is 7. The molecule has 1 aromatic carbocycles. The number of aliphatic carboxylic acids is 1. The average Bonchev–Trinajstić information content (AvgIpc) is 3.42. The molecule has 3 aromatic rings. The van der Waals surface area contributed by atoms with Crippen molar-refractivity contribution in [2.45, 2.75) is 39.0 Å². The zero-order valence-corrected chi connectivity index (χ0v) is 21.0. The summed E-state index contributed by atoms with van der Waals surface area (Å²) in [4.78, 5) is 30.8. The highest BCUT2D eigenvalue weighted by Crippen LogP contribution is 2.25. The van der Waals surface area contributed by atoms with Crippen molar-refractivity contribution in [2.75, 3.05) is 13.1 Å². The molecule has 2 atom stereocenters. The van der Waals surface area contributed by atoms with Gasteiger partial charge in [0.05, 0.1) is 29.2 Å². The molecule has 1 saturated heterocycles. The highest BCUT2D eigenvalue weighted by Gasteiger charge is 2.39. The van der Waals surface area contributed by atoms with Crippen LogP contribution >= 0.6 is 11.6 Å². The standard InChI is InChI=1S/C23H25ClFN7O5/c1-23(2,3)37-22(35)27-18-11-31(10-16(18)21(33)34)12-19-28-30-32(29-19)14-4-6-15(7-5-14)36-20-17(25)8-13(24)9-26-20/h4-9,16,18H,10-12H2,1-3H3,(H,27,35)(H,33,34). The van der Waals surface area contributed by atoms with Gasteiger partial charge in [0.2, 0.25) is 0 Å². The van der Waals surface area contributed by atoms with E-state index in [1.807, 2.05) is 4.90 Å². The van der Waals surface area contributed by atoms with Gasteiger partial charge in [-0.25, -0.2) is 14.2 Å². The van der Waals surface area contributed by atoms with Crippen LogP contribution in [0.3, 0.4) is 0 Å². The minimum absolute atomic E-state index is 0.162. The molecule has 1 aliphatic rings. The molecule has 0 bridgehead atoms. The number of nitrogens with one attached hydrogen (secondary N) is 1. The lowest BCUT2D eigenvalue weighted by molar-refractivity contribution is -0.141. The number of tetrazole rings is 1. The lowest BCUT2D eigenvalue weighted by atomic mass is 10.0. The van der Waals surface area contributed by atoms with Crippen LogP contribution in [-0.4, -0.2) is 72.0 Å². The number of carbonyl (C=O) groups is 2. The number of aromatic nitrogens is 5. The maximum Gasteiger partial charge on any atom is 0.407 e. The fraction of sp³-hybridized carbons (Fsp3) is 0.391. The van der Waals surface area contributed by atoms with Crippen LogP contribution in [0.2, 0.25) is 5.02 Å². The smallest absolute Gasteiger partial charge is 0.407 e. The van der Waals surface area contributed by atoms with Crippen LogP contribution in [0.25, 0.3) is 5.69 Å². The monoisotopic (exact) mass is 533 g/mol. The van der Waals surface area contributed by atoms with Crippen LogP contribution < -0.4 is 10.1 Å². The van der Waals surface area contributed by atoms with Gasteiger partial charge in [0.15, 0.2) is 11.6 Å². The summed E-state index contributed by atoms with van der Waals surface area (Å²) in [6.45, 7) is 5.91. The Bertz CT molecular complexity index is 1280. The van der Waals surface area contributed by atoms with Crippen molar-refractivity contribution in [1.82, 2.24) is 35.4 Å². The third kappa shape index (κ3) is 6.89.